The van der Waals surface area contributed by atoms with E-state index in [1.54, 1.807) is 0 Å². The second kappa shape index (κ2) is 2.29. The fourth-order valence-corrected chi connectivity index (χ4v) is 0.981. The Bertz CT molecular complexity index is 129. The van der Waals surface area contributed by atoms with Crippen molar-refractivity contribution in [2.75, 3.05) is 13.6 Å². The molecule has 1 aliphatic heterocycles. The van der Waals surface area contributed by atoms with Crippen molar-refractivity contribution < 1.29 is 0 Å². The van der Waals surface area contributed by atoms with Crippen molar-refractivity contribution in [3.05, 3.63) is 11.9 Å². The molecule has 0 fully saturated rings. The third kappa shape index (κ3) is 1.37. The minimum Gasteiger partial charge on any atom is -0.385 e. The molecule has 1 rings (SSSR count). The van der Waals surface area contributed by atoms with Gasteiger partial charge in [0.25, 0.3) is 0 Å². The number of nitrogens with one attached hydrogen (secondary N) is 1. The predicted molar refractivity (Wildman–Crippen MR) is 39.0 cm³/mol. The molecular weight excluding hydrogens is 112 g/mol. The lowest BCUT2D eigenvalue weighted by Crippen LogP contribution is -2.39. The van der Waals surface area contributed by atoms with Gasteiger partial charge in [0.15, 0.2) is 0 Å². The number of likely N-dealkylation sites (N-methyl/N-ethyl adjacent to an activating group) is 1. The second-order valence-corrected chi connectivity index (χ2v) is 2.73. The Morgan fingerprint density at radius 3 is 2.89 bits per heavy atom. The maximum absolute atomic E-state index is 3.26. The van der Waals surface area contributed by atoms with Crippen LogP contribution in [0.5, 0.6) is 0 Å². The first kappa shape index (κ1) is 6.46. The summed E-state index contributed by atoms with van der Waals surface area (Å²) in [5, 5.41) is 3.26. The van der Waals surface area contributed by atoms with Gasteiger partial charge in [-0.3, -0.25) is 0 Å². The molecule has 2 heteroatoms. The molecule has 52 valence electrons. The molecule has 0 aromatic carbocycles. The maximum atomic E-state index is 3.26. The summed E-state index contributed by atoms with van der Waals surface area (Å²) < 4.78 is 0. The van der Waals surface area contributed by atoms with E-state index in [9.17, 15) is 0 Å². The van der Waals surface area contributed by atoms with Gasteiger partial charge in [-0.1, -0.05) is 0 Å². The van der Waals surface area contributed by atoms with Crippen LogP contribution in [0.3, 0.4) is 0 Å². The molecular formula is C7H14N2. The summed E-state index contributed by atoms with van der Waals surface area (Å²) in [7, 11) is 2.11. The van der Waals surface area contributed by atoms with Crippen molar-refractivity contribution in [1.29, 1.82) is 0 Å². The summed E-state index contributed by atoms with van der Waals surface area (Å²) in [6, 6.07) is 0.596. The van der Waals surface area contributed by atoms with Crippen molar-refractivity contribution in [2.45, 2.75) is 19.9 Å². The number of rotatable bonds is 0. The van der Waals surface area contributed by atoms with E-state index >= 15 is 0 Å². The van der Waals surface area contributed by atoms with Crippen LogP contribution in [0.1, 0.15) is 13.8 Å². The lowest BCUT2D eigenvalue weighted by Gasteiger charge is -2.29. The molecule has 0 amide bonds. The van der Waals surface area contributed by atoms with Gasteiger partial charge in [0, 0.05) is 31.5 Å². The summed E-state index contributed by atoms with van der Waals surface area (Å²) in [4.78, 5) is 2.25. The number of hydrogen-bond acceptors (Lipinski definition) is 2. The van der Waals surface area contributed by atoms with Gasteiger partial charge in [0.2, 0.25) is 0 Å². The van der Waals surface area contributed by atoms with Crippen LogP contribution in [0, 0.1) is 0 Å². The van der Waals surface area contributed by atoms with E-state index in [0.29, 0.717) is 6.04 Å². The molecule has 0 spiro atoms. The van der Waals surface area contributed by atoms with E-state index in [-0.39, 0.29) is 0 Å². The summed E-state index contributed by atoms with van der Waals surface area (Å²) in [6.45, 7) is 5.40. The first-order chi connectivity index (χ1) is 4.20. The van der Waals surface area contributed by atoms with Crippen LogP contribution in [0.2, 0.25) is 0 Å². The van der Waals surface area contributed by atoms with E-state index in [4.69, 9.17) is 0 Å². The SMILES string of the molecule is CC1=CN[C@@H](C)CN1C. The third-order valence-corrected chi connectivity index (χ3v) is 1.73. The van der Waals surface area contributed by atoms with E-state index in [1.165, 1.54) is 5.70 Å². The fourth-order valence-electron chi connectivity index (χ4n) is 0.981. The van der Waals surface area contributed by atoms with Crippen LogP contribution in [0.4, 0.5) is 0 Å². The van der Waals surface area contributed by atoms with Crippen molar-refractivity contribution in [3.63, 3.8) is 0 Å². The molecule has 0 unspecified atom stereocenters. The molecule has 0 aromatic rings. The molecule has 1 N–H and O–H groups in total. The molecule has 0 aliphatic carbocycles. The molecule has 1 atom stereocenters. The van der Waals surface area contributed by atoms with Gasteiger partial charge >= 0.3 is 0 Å². The van der Waals surface area contributed by atoms with Crippen molar-refractivity contribution in [3.8, 4) is 0 Å². The van der Waals surface area contributed by atoms with Gasteiger partial charge in [0.1, 0.15) is 0 Å². The van der Waals surface area contributed by atoms with Crippen LogP contribution < -0.4 is 5.32 Å². The molecule has 0 saturated carbocycles. The Labute approximate surface area is 56.5 Å². The van der Waals surface area contributed by atoms with Crippen LogP contribution in [-0.4, -0.2) is 24.5 Å². The zero-order valence-electron chi connectivity index (χ0n) is 6.31. The highest BCUT2D eigenvalue weighted by molar-refractivity contribution is 5.00. The molecule has 1 heterocycles. The Hall–Kier alpha value is -0.660. The predicted octanol–water partition coefficient (Wildman–Crippen LogP) is 0.771. The van der Waals surface area contributed by atoms with Crippen LogP contribution >= 0.6 is 0 Å². The molecule has 0 radical (unpaired) electrons. The van der Waals surface area contributed by atoms with Gasteiger partial charge in [-0.25, -0.2) is 0 Å². The topological polar surface area (TPSA) is 15.3 Å². The summed E-state index contributed by atoms with van der Waals surface area (Å²) >= 11 is 0. The number of allylic oxidation sites excluding steroid dienone is 1. The molecule has 1 aliphatic rings. The quantitative estimate of drug-likeness (QED) is 0.516. The second-order valence-electron chi connectivity index (χ2n) is 2.73. The Morgan fingerprint density at radius 1 is 1.78 bits per heavy atom. The van der Waals surface area contributed by atoms with Gasteiger partial charge in [-0.05, 0) is 13.8 Å². The summed E-state index contributed by atoms with van der Waals surface area (Å²) in [6.07, 6.45) is 2.06. The molecule has 0 bridgehead atoms. The van der Waals surface area contributed by atoms with E-state index < -0.39 is 0 Å². The van der Waals surface area contributed by atoms with Gasteiger partial charge in [-0.2, -0.15) is 0 Å². The Balaban J connectivity index is 2.56. The maximum Gasteiger partial charge on any atom is 0.0403 e. The average Bonchev–Trinajstić information content (AvgIpc) is 1.80. The van der Waals surface area contributed by atoms with Crippen molar-refractivity contribution in [2.24, 2.45) is 0 Å². The molecule has 2 nitrogen and oxygen atoms in total. The zero-order valence-corrected chi connectivity index (χ0v) is 6.31. The van der Waals surface area contributed by atoms with E-state index in [1.807, 2.05) is 0 Å². The van der Waals surface area contributed by atoms with E-state index in [0.717, 1.165) is 6.54 Å². The van der Waals surface area contributed by atoms with Gasteiger partial charge in [0.05, 0.1) is 0 Å². The summed E-state index contributed by atoms with van der Waals surface area (Å²) in [5.74, 6) is 0. The minimum atomic E-state index is 0.596. The van der Waals surface area contributed by atoms with Gasteiger partial charge < -0.3 is 10.2 Å². The first-order valence-electron chi connectivity index (χ1n) is 3.34. The fraction of sp³-hybridized carbons (Fsp3) is 0.714. The van der Waals surface area contributed by atoms with Gasteiger partial charge in [-0.15, -0.1) is 0 Å². The van der Waals surface area contributed by atoms with Crippen LogP contribution in [0.15, 0.2) is 11.9 Å². The highest BCUT2D eigenvalue weighted by Crippen LogP contribution is 2.04. The lowest BCUT2D eigenvalue weighted by atomic mass is 10.2. The van der Waals surface area contributed by atoms with Crippen molar-refractivity contribution in [1.82, 2.24) is 10.2 Å². The monoisotopic (exact) mass is 126 g/mol. The molecule has 9 heavy (non-hydrogen) atoms. The smallest absolute Gasteiger partial charge is 0.0403 e. The molecule has 0 aromatic heterocycles. The highest BCUT2D eigenvalue weighted by atomic mass is 15.2. The number of hydrogen-bond donors (Lipinski definition) is 1. The normalized spacial score (nSPS) is 27.2. The minimum absolute atomic E-state index is 0.596. The van der Waals surface area contributed by atoms with Crippen LogP contribution in [-0.2, 0) is 0 Å². The van der Waals surface area contributed by atoms with E-state index in [2.05, 4.69) is 37.3 Å². The third-order valence-electron chi connectivity index (χ3n) is 1.73. The largest absolute Gasteiger partial charge is 0.385 e. The lowest BCUT2D eigenvalue weighted by molar-refractivity contribution is 0.345. The average molecular weight is 126 g/mol. The first-order valence-corrected chi connectivity index (χ1v) is 3.34. The zero-order chi connectivity index (χ0) is 6.85. The Morgan fingerprint density at radius 2 is 2.44 bits per heavy atom. The van der Waals surface area contributed by atoms with Crippen LogP contribution in [0.25, 0.3) is 0 Å². The standard InChI is InChI=1S/C7H14N2/c1-6-5-9(3)7(2)4-8-6/h4,6,8H,5H2,1-3H3/t6-/m0/s1. The Kier molecular flexibility index (Phi) is 1.65. The summed E-state index contributed by atoms with van der Waals surface area (Å²) in [5.41, 5.74) is 1.31. The molecule has 0 saturated heterocycles. The van der Waals surface area contributed by atoms with Crippen molar-refractivity contribution >= 4 is 0 Å². The highest BCUT2D eigenvalue weighted by Gasteiger charge is 2.09. The number of nitrogens with zero attached hydrogens (tertiary/aromatic N) is 1.